The second-order valence-corrected chi connectivity index (χ2v) is 6.98. The van der Waals surface area contributed by atoms with Crippen molar-refractivity contribution in [3.05, 3.63) is 48.6 Å². The first-order chi connectivity index (χ1) is 13.2. The Balaban J connectivity index is 2.46. The van der Waals surface area contributed by atoms with Gasteiger partial charge in [-0.25, -0.2) is 0 Å². The van der Waals surface area contributed by atoms with Crippen LogP contribution in [-0.4, -0.2) is 30.4 Å². The van der Waals surface area contributed by atoms with Crippen molar-refractivity contribution in [3.8, 4) is 0 Å². The molecule has 152 valence electrons. The molecule has 1 N–H and O–H groups in total. The summed E-state index contributed by atoms with van der Waals surface area (Å²) in [6.07, 6.45) is 8.37. The fourth-order valence-corrected chi connectivity index (χ4v) is 3.02. The van der Waals surface area contributed by atoms with Gasteiger partial charge in [0.25, 0.3) is 0 Å². The first-order valence-electron chi connectivity index (χ1n) is 10.3. The van der Waals surface area contributed by atoms with Gasteiger partial charge in [-0.15, -0.1) is 6.58 Å². The fraction of sp³-hybridized carbons (Fsp3) is 0.609. The van der Waals surface area contributed by atoms with Gasteiger partial charge >= 0.3 is 5.97 Å². The summed E-state index contributed by atoms with van der Waals surface area (Å²) in [6, 6.07) is 9.65. The summed E-state index contributed by atoms with van der Waals surface area (Å²) in [5.41, 5.74) is 0.962. The standard InChI is InChI=1S/C23H36O4/c1-3-5-6-10-15-21(22(24)16-11-12-18-26-17-4-2)23(25)27-19-20-13-8-7-9-14-20/h4,7-9,13-14,21-22,24H,2-3,5-6,10-12,15-19H2,1H3/t21-,22+/m1/s1. The molecule has 0 spiro atoms. The molecule has 1 aromatic carbocycles. The van der Waals surface area contributed by atoms with Gasteiger partial charge in [-0.2, -0.15) is 0 Å². The topological polar surface area (TPSA) is 55.8 Å². The number of aliphatic hydroxyl groups is 1. The molecule has 0 aliphatic heterocycles. The van der Waals surface area contributed by atoms with E-state index >= 15 is 0 Å². The number of carbonyl (C=O) groups is 1. The number of carbonyl (C=O) groups excluding carboxylic acids is 1. The quantitative estimate of drug-likeness (QED) is 0.249. The van der Waals surface area contributed by atoms with E-state index in [-0.39, 0.29) is 12.6 Å². The van der Waals surface area contributed by atoms with E-state index < -0.39 is 12.0 Å². The maximum Gasteiger partial charge on any atom is 0.311 e. The lowest BCUT2D eigenvalue weighted by Crippen LogP contribution is -2.30. The molecule has 0 unspecified atom stereocenters. The van der Waals surface area contributed by atoms with Crippen LogP contribution in [0.15, 0.2) is 43.0 Å². The molecule has 27 heavy (non-hydrogen) atoms. The summed E-state index contributed by atoms with van der Waals surface area (Å²) in [5, 5.41) is 10.6. The molecule has 0 aliphatic rings. The lowest BCUT2D eigenvalue weighted by Gasteiger charge is -2.22. The van der Waals surface area contributed by atoms with Crippen LogP contribution in [0.1, 0.15) is 63.9 Å². The van der Waals surface area contributed by atoms with Gasteiger partial charge in [0, 0.05) is 6.61 Å². The minimum absolute atomic E-state index is 0.257. The molecule has 0 saturated heterocycles. The van der Waals surface area contributed by atoms with Crippen LogP contribution in [0, 0.1) is 5.92 Å². The first-order valence-corrected chi connectivity index (χ1v) is 10.3. The van der Waals surface area contributed by atoms with Gasteiger partial charge in [-0.05, 0) is 31.2 Å². The Bertz CT molecular complexity index is 500. The third kappa shape index (κ3) is 10.9. The second kappa shape index (κ2) is 15.4. The zero-order valence-corrected chi connectivity index (χ0v) is 16.8. The minimum Gasteiger partial charge on any atom is -0.461 e. The zero-order chi connectivity index (χ0) is 19.7. The number of benzene rings is 1. The largest absolute Gasteiger partial charge is 0.461 e. The molecule has 0 amide bonds. The highest BCUT2D eigenvalue weighted by molar-refractivity contribution is 5.73. The summed E-state index contributed by atoms with van der Waals surface area (Å²) in [6.45, 7) is 7.23. The first kappa shape index (κ1) is 23.4. The Morgan fingerprint density at radius 1 is 1.11 bits per heavy atom. The Morgan fingerprint density at radius 3 is 2.56 bits per heavy atom. The van der Waals surface area contributed by atoms with E-state index in [1.54, 1.807) is 6.08 Å². The molecular formula is C23H36O4. The minimum atomic E-state index is -0.658. The number of hydrogen-bond acceptors (Lipinski definition) is 4. The van der Waals surface area contributed by atoms with E-state index in [1.165, 1.54) is 0 Å². The molecule has 0 saturated carbocycles. The summed E-state index contributed by atoms with van der Waals surface area (Å²) < 4.78 is 10.9. The molecule has 1 aromatic rings. The van der Waals surface area contributed by atoms with E-state index in [1.807, 2.05) is 30.3 Å². The van der Waals surface area contributed by atoms with Crippen LogP contribution in [0.25, 0.3) is 0 Å². The predicted octanol–water partition coefficient (Wildman–Crippen LogP) is 5.05. The van der Waals surface area contributed by atoms with E-state index in [2.05, 4.69) is 13.5 Å². The van der Waals surface area contributed by atoms with Gasteiger partial charge in [-0.3, -0.25) is 4.79 Å². The Labute approximate surface area is 164 Å². The Morgan fingerprint density at radius 2 is 1.85 bits per heavy atom. The molecule has 0 radical (unpaired) electrons. The number of ether oxygens (including phenoxy) is 2. The molecule has 0 fully saturated rings. The van der Waals surface area contributed by atoms with Crippen molar-refractivity contribution in [2.24, 2.45) is 5.92 Å². The van der Waals surface area contributed by atoms with Crippen molar-refractivity contribution in [3.63, 3.8) is 0 Å². The van der Waals surface area contributed by atoms with Crippen molar-refractivity contribution < 1.29 is 19.4 Å². The van der Waals surface area contributed by atoms with E-state index in [0.717, 1.165) is 44.1 Å². The molecule has 1 rings (SSSR count). The summed E-state index contributed by atoms with van der Waals surface area (Å²) in [7, 11) is 0. The van der Waals surface area contributed by atoms with E-state index in [9.17, 15) is 9.90 Å². The fourth-order valence-electron chi connectivity index (χ4n) is 3.02. The second-order valence-electron chi connectivity index (χ2n) is 6.98. The van der Waals surface area contributed by atoms with Crippen LogP contribution < -0.4 is 0 Å². The highest BCUT2D eigenvalue weighted by Crippen LogP contribution is 2.21. The molecule has 4 nitrogen and oxygen atoms in total. The number of rotatable bonds is 16. The lowest BCUT2D eigenvalue weighted by atomic mass is 9.92. The monoisotopic (exact) mass is 376 g/mol. The average molecular weight is 377 g/mol. The van der Waals surface area contributed by atoms with E-state index in [0.29, 0.717) is 26.1 Å². The zero-order valence-electron chi connectivity index (χ0n) is 16.8. The number of hydrogen-bond donors (Lipinski definition) is 1. The Hall–Kier alpha value is -1.65. The van der Waals surface area contributed by atoms with Crippen LogP contribution in [0.4, 0.5) is 0 Å². The van der Waals surface area contributed by atoms with Crippen molar-refractivity contribution in [1.29, 1.82) is 0 Å². The molecule has 2 atom stereocenters. The highest BCUT2D eigenvalue weighted by Gasteiger charge is 2.27. The smallest absolute Gasteiger partial charge is 0.311 e. The lowest BCUT2D eigenvalue weighted by molar-refractivity contribution is -0.154. The van der Waals surface area contributed by atoms with Crippen LogP contribution in [-0.2, 0) is 20.9 Å². The van der Waals surface area contributed by atoms with Gasteiger partial charge in [0.15, 0.2) is 0 Å². The van der Waals surface area contributed by atoms with Gasteiger partial charge < -0.3 is 14.6 Å². The van der Waals surface area contributed by atoms with Gasteiger partial charge in [-0.1, -0.05) is 69.0 Å². The van der Waals surface area contributed by atoms with Crippen molar-refractivity contribution >= 4 is 5.97 Å². The van der Waals surface area contributed by atoms with Crippen molar-refractivity contribution in [2.75, 3.05) is 13.2 Å². The molecule has 0 heterocycles. The van der Waals surface area contributed by atoms with Crippen LogP contribution in [0.5, 0.6) is 0 Å². The third-order valence-electron chi connectivity index (χ3n) is 4.63. The van der Waals surface area contributed by atoms with Crippen molar-refractivity contribution in [1.82, 2.24) is 0 Å². The molecular weight excluding hydrogens is 340 g/mol. The van der Waals surface area contributed by atoms with Crippen LogP contribution >= 0.6 is 0 Å². The van der Waals surface area contributed by atoms with Gasteiger partial charge in [0.05, 0.1) is 18.6 Å². The van der Waals surface area contributed by atoms with Gasteiger partial charge in [0.1, 0.15) is 6.61 Å². The summed E-state index contributed by atoms with van der Waals surface area (Å²) in [5.74, 6) is -0.731. The van der Waals surface area contributed by atoms with E-state index in [4.69, 9.17) is 9.47 Å². The third-order valence-corrected chi connectivity index (χ3v) is 4.63. The highest BCUT2D eigenvalue weighted by atomic mass is 16.5. The van der Waals surface area contributed by atoms with Gasteiger partial charge in [0.2, 0.25) is 0 Å². The molecule has 0 aromatic heterocycles. The number of unbranched alkanes of at least 4 members (excludes halogenated alkanes) is 4. The normalized spacial score (nSPS) is 13.1. The maximum absolute atomic E-state index is 12.6. The molecule has 4 heteroatoms. The van der Waals surface area contributed by atoms with Crippen molar-refractivity contribution in [2.45, 2.75) is 71.0 Å². The summed E-state index contributed by atoms with van der Waals surface area (Å²) in [4.78, 5) is 12.6. The van der Waals surface area contributed by atoms with Crippen LogP contribution in [0.2, 0.25) is 0 Å². The Kier molecular flexibility index (Phi) is 13.4. The maximum atomic E-state index is 12.6. The SMILES string of the molecule is C=CCOCCCC[C@H](O)[C@@H](CCCCCC)C(=O)OCc1ccccc1. The average Bonchev–Trinajstić information content (AvgIpc) is 2.69. The predicted molar refractivity (Wildman–Crippen MR) is 109 cm³/mol. The summed E-state index contributed by atoms with van der Waals surface area (Å²) >= 11 is 0. The number of aliphatic hydroxyl groups excluding tert-OH is 1. The van der Waals surface area contributed by atoms with Crippen LogP contribution in [0.3, 0.4) is 0 Å². The molecule has 0 aliphatic carbocycles. The molecule has 0 bridgehead atoms. The number of esters is 1.